The topological polar surface area (TPSA) is 0 Å². The quantitative estimate of drug-likeness (QED) is 0.540. The minimum atomic E-state index is 0.547. The second-order valence-corrected chi connectivity index (χ2v) is 6.37. The van der Waals surface area contributed by atoms with Gasteiger partial charge in [0.15, 0.2) is 0 Å². The summed E-state index contributed by atoms with van der Waals surface area (Å²) in [5, 5.41) is 0. The van der Waals surface area contributed by atoms with Crippen molar-refractivity contribution in [2.24, 2.45) is 23.2 Å². The van der Waals surface area contributed by atoms with E-state index in [0.29, 0.717) is 5.41 Å². The summed E-state index contributed by atoms with van der Waals surface area (Å²) in [6, 6.07) is 0. The van der Waals surface area contributed by atoms with Gasteiger partial charge in [-0.05, 0) is 55.3 Å². The molecule has 0 N–H and O–H groups in total. The smallest absolute Gasteiger partial charge is 0.00879 e. The third-order valence-corrected chi connectivity index (χ3v) is 5.23. The third kappa shape index (κ3) is 1.88. The maximum atomic E-state index is 2.55. The van der Waals surface area contributed by atoms with Gasteiger partial charge < -0.3 is 0 Å². The van der Waals surface area contributed by atoms with Crippen LogP contribution in [0.1, 0.15) is 59.8 Å². The van der Waals surface area contributed by atoms with E-state index in [9.17, 15) is 0 Å². The van der Waals surface area contributed by atoms with Gasteiger partial charge in [0.25, 0.3) is 0 Å². The van der Waals surface area contributed by atoms with Gasteiger partial charge in [-0.2, -0.15) is 0 Å². The highest BCUT2D eigenvalue weighted by Gasteiger charge is 2.41. The van der Waals surface area contributed by atoms with Crippen molar-refractivity contribution in [2.45, 2.75) is 59.8 Å². The van der Waals surface area contributed by atoms with Gasteiger partial charge in [-0.25, -0.2) is 0 Å². The molecular weight excluding hydrogens is 180 g/mol. The first kappa shape index (κ1) is 11.2. The van der Waals surface area contributed by atoms with Crippen molar-refractivity contribution < 1.29 is 0 Å². The molecule has 3 atom stereocenters. The molecule has 0 radical (unpaired) electrons. The highest BCUT2D eigenvalue weighted by atomic mass is 14.5. The molecule has 2 rings (SSSR count). The van der Waals surface area contributed by atoms with E-state index in [0.717, 1.165) is 17.8 Å². The van der Waals surface area contributed by atoms with Crippen molar-refractivity contribution in [2.75, 3.05) is 0 Å². The Balaban J connectivity index is 2.20. The van der Waals surface area contributed by atoms with Crippen molar-refractivity contribution in [3.05, 3.63) is 11.6 Å². The summed E-state index contributed by atoms with van der Waals surface area (Å²) in [4.78, 5) is 0. The lowest BCUT2D eigenvalue weighted by atomic mass is 9.57. The van der Waals surface area contributed by atoms with Crippen LogP contribution in [-0.4, -0.2) is 0 Å². The van der Waals surface area contributed by atoms with E-state index in [1.165, 1.54) is 32.1 Å². The molecular formula is C15H26. The van der Waals surface area contributed by atoms with Crippen molar-refractivity contribution >= 4 is 0 Å². The second kappa shape index (κ2) is 3.96. The number of fused-ring (bicyclic) bond motifs is 1. The Morgan fingerprint density at radius 3 is 2.73 bits per heavy atom. The average Bonchev–Trinajstić information content (AvgIpc) is 2.19. The molecule has 0 aromatic rings. The first-order valence-electron chi connectivity index (χ1n) is 6.73. The molecule has 0 spiro atoms. The van der Waals surface area contributed by atoms with Crippen LogP contribution in [0.3, 0.4) is 0 Å². The van der Waals surface area contributed by atoms with Crippen LogP contribution in [0.15, 0.2) is 11.6 Å². The number of hydrogen-bond donors (Lipinski definition) is 0. The highest BCUT2D eigenvalue weighted by Crippen LogP contribution is 2.53. The maximum Gasteiger partial charge on any atom is -0.00879 e. The zero-order valence-electron chi connectivity index (χ0n) is 10.8. The molecule has 86 valence electrons. The van der Waals surface area contributed by atoms with Crippen molar-refractivity contribution in [3.63, 3.8) is 0 Å². The lowest BCUT2D eigenvalue weighted by Gasteiger charge is -2.48. The Labute approximate surface area is 95.1 Å². The van der Waals surface area contributed by atoms with Crippen LogP contribution < -0.4 is 0 Å². The Morgan fingerprint density at radius 1 is 1.33 bits per heavy atom. The zero-order valence-corrected chi connectivity index (χ0v) is 10.8. The van der Waals surface area contributed by atoms with E-state index in [1.807, 2.05) is 0 Å². The fourth-order valence-corrected chi connectivity index (χ4v) is 3.65. The molecule has 1 fully saturated rings. The van der Waals surface area contributed by atoms with Gasteiger partial charge in [-0.3, -0.25) is 0 Å². The monoisotopic (exact) mass is 206 g/mol. The maximum absolute atomic E-state index is 2.55. The molecule has 0 amide bonds. The lowest BCUT2D eigenvalue weighted by molar-refractivity contribution is 0.116. The van der Waals surface area contributed by atoms with Crippen LogP contribution in [-0.2, 0) is 0 Å². The Kier molecular flexibility index (Phi) is 2.96. The molecule has 1 saturated carbocycles. The van der Waals surface area contributed by atoms with Gasteiger partial charge in [0.1, 0.15) is 0 Å². The molecule has 0 saturated heterocycles. The standard InChI is InChI=1S/C15H26/c1-11(2)13-8-9-14-7-5-6-12(3)15(14,4)10-13/h7,11-13H,5-6,8-10H2,1-4H3. The lowest BCUT2D eigenvalue weighted by Crippen LogP contribution is -2.37. The van der Waals surface area contributed by atoms with Gasteiger partial charge in [0.05, 0.1) is 0 Å². The summed E-state index contributed by atoms with van der Waals surface area (Å²) in [6.45, 7) is 9.79. The second-order valence-electron chi connectivity index (χ2n) is 6.37. The summed E-state index contributed by atoms with van der Waals surface area (Å²) in [7, 11) is 0. The Bertz CT molecular complexity index is 261. The zero-order chi connectivity index (χ0) is 11.1. The van der Waals surface area contributed by atoms with Crippen LogP contribution in [0.2, 0.25) is 0 Å². The summed E-state index contributed by atoms with van der Waals surface area (Å²) in [5.74, 6) is 2.74. The molecule has 0 aromatic heterocycles. The predicted octanol–water partition coefficient (Wildman–Crippen LogP) is 4.81. The molecule has 0 aromatic carbocycles. The van der Waals surface area contributed by atoms with Gasteiger partial charge in [0, 0.05) is 0 Å². The third-order valence-electron chi connectivity index (χ3n) is 5.23. The van der Waals surface area contributed by atoms with Crippen molar-refractivity contribution in [1.29, 1.82) is 0 Å². The molecule has 0 nitrogen and oxygen atoms in total. The minimum absolute atomic E-state index is 0.547. The molecule has 2 aliphatic rings. The van der Waals surface area contributed by atoms with E-state index in [2.05, 4.69) is 33.8 Å². The normalized spacial score (nSPS) is 41.3. The fraction of sp³-hybridized carbons (Fsp3) is 0.867. The van der Waals surface area contributed by atoms with E-state index in [-0.39, 0.29) is 0 Å². The predicted molar refractivity (Wildman–Crippen MR) is 66.8 cm³/mol. The highest BCUT2D eigenvalue weighted by molar-refractivity contribution is 5.21. The number of allylic oxidation sites excluding steroid dienone is 2. The molecule has 0 heterocycles. The van der Waals surface area contributed by atoms with Crippen LogP contribution in [0.25, 0.3) is 0 Å². The van der Waals surface area contributed by atoms with E-state index >= 15 is 0 Å². The molecule has 0 heteroatoms. The van der Waals surface area contributed by atoms with Crippen LogP contribution in [0.4, 0.5) is 0 Å². The Morgan fingerprint density at radius 2 is 2.07 bits per heavy atom. The number of rotatable bonds is 1. The van der Waals surface area contributed by atoms with Gasteiger partial charge >= 0.3 is 0 Å². The van der Waals surface area contributed by atoms with Gasteiger partial charge in [-0.15, -0.1) is 0 Å². The van der Waals surface area contributed by atoms with Crippen LogP contribution >= 0.6 is 0 Å². The fourth-order valence-electron chi connectivity index (χ4n) is 3.65. The number of hydrogen-bond acceptors (Lipinski definition) is 0. The molecule has 3 unspecified atom stereocenters. The van der Waals surface area contributed by atoms with Crippen LogP contribution in [0.5, 0.6) is 0 Å². The summed E-state index contributed by atoms with van der Waals surface area (Å²) >= 11 is 0. The van der Waals surface area contributed by atoms with Gasteiger partial charge in [0.2, 0.25) is 0 Å². The van der Waals surface area contributed by atoms with E-state index in [4.69, 9.17) is 0 Å². The van der Waals surface area contributed by atoms with Crippen molar-refractivity contribution in [3.8, 4) is 0 Å². The largest absolute Gasteiger partial charge is 0.0848 e. The summed E-state index contributed by atoms with van der Waals surface area (Å²) < 4.78 is 0. The van der Waals surface area contributed by atoms with Crippen molar-refractivity contribution in [1.82, 2.24) is 0 Å². The van der Waals surface area contributed by atoms with E-state index in [1.54, 1.807) is 5.57 Å². The summed E-state index contributed by atoms with van der Waals surface area (Å²) in [5.41, 5.74) is 2.34. The SMILES string of the molecule is CC(C)C1CCC2=CCCC(C)C2(C)C1. The first-order chi connectivity index (χ1) is 7.04. The first-order valence-corrected chi connectivity index (χ1v) is 6.73. The Hall–Kier alpha value is -0.260. The average molecular weight is 206 g/mol. The molecule has 0 bridgehead atoms. The minimum Gasteiger partial charge on any atom is -0.0848 e. The molecule has 0 aliphatic heterocycles. The van der Waals surface area contributed by atoms with E-state index < -0.39 is 0 Å². The molecule has 2 aliphatic carbocycles. The molecule has 15 heavy (non-hydrogen) atoms. The van der Waals surface area contributed by atoms with Gasteiger partial charge in [-0.1, -0.05) is 39.3 Å². The van der Waals surface area contributed by atoms with Crippen LogP contribution in [0, 0.1) is 23.2 Å². The summed E-state index contributed by atoms with van der Waals surface area (Å²) in [6.07, 6.45) is 9.55.